The van der Waals surface area contributed by atoms with Crippen LogP contribution in [0.1, 0.15) is 10.4 Å². The Labute approximate surface area is 103 Å². The minimum atomic E-state index is -1.47. The highest BCUT2D eigenvalue weighted by Gasteiger charge is 2.40. The van der Waals surface area contributed by atoms with Gasteiger partial charge in [0.2, 0.25) is 0 Å². The average molecular weight is 251 g/mol. The minimum absolute atomic E-state index is 0.183. The fourth-order valence-electron chi connectivity index (χ4n) is 1.69. The smallest absolute Gasteiger partial charge is 0.338 e. The van der Waals surface area contributed by atoms with Crippen molar-refractivity contribution in [3.8, 4) is 0 Å². The Morgan fingerprint density at radius 3 is 2.50 bits per heavy atom. The molecule has 1 saturated heterocycles. The highest BCUT2D eigenvalue weighted by Crippen LogP contribution is 2.10. The molecule has 1 aliphatic rings. The summed E-state index contributed by atoms with van der Waals surface area (Å²) >= 11 is 0. The van der Waals surface area contributed by atoms with Crippen molar-refractivity contribution < 1.29 is 24.5 Å². The molecule has 6 nitrogen and oxygen atoms in total. The third kappa shape index (κ3) is 2.49. The van der Waals surface area contributed by atoms with E-state index in [1.807, 2.05) is 0 Å². The largest absolute Gasteiger partial charge is 0.460 e. The van der Waals surface area contributed by atoms with Crippen LogP contribution in [-0.2, 0) is 9.53 Å². The van der Waals surface area contributed by atoms with Crippen molar-refractivity contribution in [2.24, 2.45) is 0 Å². The molecule has 1 aliphatic heterocycles. The van der Waals surface area contributed by atoms with Crippen LogP contribution >= 0.6 is 0 Å². The Balaban J connectivity index is 1.89. The zero-order valence-electron chi connectivity index (χ0n) is 9.45. The van der Waals surface area contributed by atoms with Gasteiger partial charge in [-0.2, -0.15) is 0 Å². The molecule has 1 fully saturated rings. The SMILES string of the molecule is O=C(OC[C@@H]1NC(=O)[C@@H](O)[C@H]1O)c1ccccc1. The maximum atomic E-state index is 11.6. The molecule has 2 rings (SSSR count). The van der Waals surface area contributed by atoms with Crippen molar-refractivity contribution in [2.75, 3.05) is 6.61 Å². The van der Waals surface area contributed by atoms with Crippen LogP contribution in [0.2, 0.25) is 0 Å². The fraction of sp³-hybridized carbons (Fsp3) is 0.333. The summed E-state index contributed by atoms with van der Waals surface area (Å²) in [5.41, 5.74) is 0.386. The maximum Gasteiger partial charge on any atom is 0.338 e. The zero-order chi connectivity index (χ0) is 13.1. The second-order valence-electron chi connectivity index (χ2n) is 4.01. The van der Waals surface area contributed by atoms with Gasteiger partial charge in [-0.15, -0.1) is 0 Å². The van der Waals surface area contributed by atoms with Gasteiger partial charge in [-0.05, 0) is 12.1 Å². The van der Waals surface area contributed by atoms with E-state index in [2.05, 4.69) is 5.32 Å². The van der Waals surface area contributed by atoms with Crippen LogP contribution < -0.4 is 5.32 Å². The lowest BCUT2D eigenvalue weighted by Gasteiger charge is -2.14. The van der Waals surface area contributed by atoms with Gasteiger partial charge in [0.15, 0.2) is 6.10 Å². The Kier molecular flexibility index (Phi) is 3.59. The number of benzene rings is 1. The summed E-state index contributed by atoms with van der Waals surface area (Å²) in [6.45, 7) is -0.183. The van der Waals surface area contributed by atoms with E-state index in [1.165, 1.54) is 0 Å². The molecular weight excluding hydrogens is 238 g/mol. The van der Waals surface area contributed by atoms with Gasteiger partial charge in [0.05, 0.1) is 11.6 Å². The first-order chi connectivity index (χ1) is 8.59. The van der Waals surface area contributed by atoms with Gasteiger partial charge in [-0.3, -0.25) is 4.79 Å². The Bertz CT molecular complexity index is 447. The predicted molar refractivity (Wildman–Crippen MR) is 60.7 cm³/mol. The van der Waals surface area contributed by atoms with Gasteiger partial charge in [-0.1, -0.05) is 18.2 Å². The Hall–Kier alpha value is -1.92. The molecule has 0 aliphatic carbocycles. The molecule has 0 spiro atoms. The summed E-state index contributed by atoms with van der Waals surface area (Å²) in [4.78, 5) is 22.6. The molecule has 3 N–H and O–H groups in total. The highest BCUT2D eigenvalue weighted by molar-refractivity contribution is 5.89. The van der Waals surface area contributed by atoms with Crippen molar-refractivity contribution in [1.82, 2.24) is 5.32 Å². The van der Waals surface area contributed by atoms with Crippen LogP contribution in [0.25, 0.3) is 0 Å². The Morgan fingerprint density at radius 1 is 1.28 bits per heavy atom. The van der Waals surface area contributed by atoms with Gasteiger partial charge in [0, 0.05) is 0 Å². The summed E-state index contributed by atoms with van der Waals surface area (Å²) in [5.74, 6) is -1.21. The van der Waals surface area contributed by atoms with Gasteiger partial charge in [0.1, 0.15) is 12.7 Å². The molecule has 1 amide bonds. The lowest BCUT2D eigenvalue weighted by atomic mass is 10.1. The first-order valence-electron chi connectivity index (χ1n) is 5.48. The fourth-order valence-corrected chi connectivity index (χ4v) is 1.69. The molecule has 1 aromatic carbocycles. The standard InChI is InChI=1S/C12H13NO5/c14-9-8(13-11(16)10(9)15)6-18-12(17)7-4-2-1-3-5-7/h1-5,8-10,14-15H,6H2,(H,13,16)/t8-,9-,10-/m0/s1. The number of amides is 1. The predicted octanol–water partition coefficient (Wildman–Crippen LogP) is -0.936. The van der Waals surface area contributed by atoms with E-state index in [0.29, 0.717) is 5.56 Å². The lowest BCUT2D eigenvalue weighted by Crippen LogP contribution is -2.37. The topological polar surface area (TPSA) is 95.9 Å². The van der Waals surface area contributed by atoms with Crippen LogP contribution in [0.3, 0.4) is 0 Å². The van der Waals surface area contributed by atoms with Crippen LogP contribution in [0.15, 0.2) is 30.3 Å². The summed E-state index contributed by atoms with van der Waals surface area (Å²) in [6, 6.07) is 7.59. The number of aliphatic hydroxyl groups excluding tert-OH is 2. The van der Waals surface area contributed by atoms with Crippen LogP contribution in [0, 0.1) is 0 Å². The number of ether oxygens (including phenoxy) is 1. The third-order valence-corrected chi connectivity index (χ3v) is 2.74. The number of aliphatic hydroxyl groups is 2. The number of carbonyl (C=O) groups excluding carboxylic acids is 2. The molecular formula is C12H13NO5. The van der Waals surface area contributed by atoms with E-state index in [9.17, 15) is 19.8 Å². The number of carbonyl (C=O) groups is 2. The molecule has 0 bridgehead atoms. The van der Waals surface area contributed by atoms with Crippen LogP contribution in [0.4, 0.5) is 0 Å². The van der Waals surface area contributed by atoms with E-state index in [0.717, 1.165) is 0 Å². The summed E-state index contributed by atoms with van der Waals surface area (Å²) in [5, 5.41) is 21.0. The third-order valence-electron chi connectivity index (χ3n) is 2.74. The number of esters is 1. The summed E-state index contributed by atoms with van der Waals surface area (Å²) < 4.78 is 4.95. The maximum absolute atomic E-state index is 11.6. The molecule has 96 valence electrons. The molecule has 18 heavy (non-hydrogen) atoms. The van der Waals surface area contributed by atoms with Crippen LogP contribution in [-0.4, -0.2) is 46.9 Å². The minimum Gasteiger partial charge on any atom is -0.460 e. The van der Waals surface area contributed by atoms with Crippen molar-refractivity contribution in [3.63, 3.8) is 0 Å². The Morgan fingerprint density at radius 2 is 1.94 bits per heavy atom. The second-order valence-corrected chi connectivity index (χ2v) is 4.01. The lowest BCUT2D eigenvalue weighted by molar-refractivity contribution is -0.128. The molecule has 6 heteroatoms. The summed E-state index contributed by atoms with van der Waals surface area (Å²) in [6.07, 6.45) is -2.73. The number of nitrogens with one attached hydrogen (secondary N) is 1. The molecule has 0 saturated carbocycles. The quantitative estimate of drug-likeness (QED) is 0.603. The molecule has 1 heterocycles. The number of hydrogen-bond donors (Lipinski definition) is 3. The van der Waals surface area contributed by atoms with Gasteiger partial charge in [-0.25, -0.2) is 4.79 Å². The van der Waals surface area contributed by atoms with E-state index >= 15 is 0 Å². The second kappa shape index (κ2) is 5.16. The van der Waals surface area contributed by atoms with Crippen molar-refractivity contribution in [3.05, 3.63) is 35.9 Å². The normalized spacial score (nSPS) is 26.8. The van der Waals surface area contributed by atoms with E-state index in [1.54, 1.807) is 30.3 Å². The van der Waals surface area contributed by atoms with Gasteiger partial charge < -0.3 is 20.3 Å². The number of hydrogen-bond acceptors (Lipinski definition) is 5. The molecule has 0 unspecified atom stereocenters. The van der Waals surface area contributed by atoms with Gasteiger partial charge in [0.25, 0.3) is 5.91 Å². The van der Waals surface area contributed by atoms with Crippen molar-refractivity contribution >= 4 is 11.9 Å². The van der Waals surface area contributed by atoms with Gasteiger partial charge >= 0.3 is 5.97 Å². The highest BCUT2D eigenvalue weighted by atomic mass is 16.5. The first-order valence-corrected chi connectivity index (χ1v) is 5.48. The molecule has 3 atom stereocenters. The molecule has 0 aromatic heterocycles. The molecule has 1 aromatic rings. The van der Waals surface area contributed by atoms with E-state index in [4.69, 9.17) is 4.74 Å². The van der Waals surface area contributed by atoms with E-state index in [-0.39, 0.29) is 6.61 Å². The monoisotopic (exact) mass is 251 g/mol. The molecule has 0 radical (unpaired) electrons. The van der Waals surface area contributed by atoms with Crippen molar-refractivity contribution in [1.29, 1.82) is 0 Å². The average Bonchev–Trinajstić information content (AvgIpc) is 2.64. The van der Waals surface area contributed by atoms with Crippen LogP contribution in [0.5, 0.6) is 0 Å². The summed E-state index contributed by atoms with van der Waals surface area (Å²) in [7, 11) is 0. The number of rotatable bonds is 3. The first kappa shape index (κ1) is 12.5. The zero-order valence-corrected chi connectivity index (χ0v) is 9.45. The van der Waals surface area contributed by atoms with E-state index < -0.39 is 30.1 Å². The van der Waals surface area contributed by atoms with Crippen molar-refractivity contribution in [2.45, 2.75) is 18.2 Å².